The molecule has 0 aliphatic heterocycles. The standard InChI is InChI=1S/C28H25ClF2N2O3/c1-17(33-27(35)28(2,3)36-26(34)25-23(30)8-5-9-24(25)31)22(15-18-10-12-21(29)13-11-18)20-7-4-6-19(14-20)16-32/h4-14,17,22H,15H2,1-3H3,(H,33,35). The molecule has 0 aliphatic carbocycles. The summed E-state index contributed by atoms with van der Waals surface area (Å²) in [6.07, 6.45) is 0.522. The predicted molar refractivity (Wildman–Crippen MR) is 133 cm³/mol. The van der Waals surface area contributed by atoms with Gasteiger partial charge in [-0.15, -0.1) is 0 Å². The number of nitrogens with zero attached hydrogens (tertiary/aromatic N) is 1. The smallest absolute Gasteiger partial charge is 0.345 e. The summed E-state index contributed by atoms with van der Waals surface area (Å²) in [6, 6.07) is 19.0. The predicted octanol–water partition coefficient (Wildman–Crippen LogP) is 5.96. The zero-order chi connectivity index (χ0) is 26.5. The van der Waals surface area contributed by atoms with Crippen molar-refractivity contribution in [1.82, 2.24) is 5.32 Å². The summed E-state index contributed by atoms with van der Waals surface area (Å²) >= 11 is 6.01. The number of ether oxygens (including phenoxy) is 1. The van der Waals surface area contributed by atoms with Crippen molar-refractivity contribution >= 4 is 23.5 Å². The van der Waals surface area contributed by atoms with Crippen LogP contribution in [0.2, 0.25) is 5.02 Å². The van der Waals surface area contributed by atoms with Crippen LogP contribution in [0.1, 0.15) is 53.7 Å². The van der Waals surface area contributed by atoms with Crippen LogP contribution in [0.3, 0.4) is 0 Å². The number of benzene rings is 3. The number of halogens is 3. The summed E-state index contributed by atoms with van der Waals surface area (Å²) in [5.41, 5.74) is -0.304. The van der Waals surface area contributed by atoms with Gasteiger partial charge in [-0.1, -0.05) is 41.9 Å². The Labute approximate surface area is 213 Å². The normalized spacial score (nSPS) is 12.8. The molecule has 0 spiro atoms. The maximum Gasteiger partial charge on any atom is 0.345 e. The van der Waals surface area contributed by atoms with Gasteiger partial charge in [0.05, 0.1) is 11.6 Å². The van der Waals surface area contributed by atoms with Crippen molar-refractivity contribution in [3.63, 3.8) is 0 Å². The highest BCUT2D eigenvalue weighted by Gasteiger charge is 2.36. The lowest BCUT2D eigenvalue weighted by Gasteiger charge is -2.30. The van der Waals surface area contributed by atoms with E-state index < -0.39 is 40.7 Å². The second-order valence-corrected chi connectivity index (χ2v) is 9.37. The molecular weight excluding hydrogens is 486 g/mol. The van der Waals surface area contributed by atoms with Crippen LogP contribution in [0.5, 0.6) is 0 Å². The molecule has 1 amide bonds. The second-order valence-electron chi connectivity index (χ2n) is 8.93. The number of carbonyl (C=O) groups excluding carboxylic acids is 2. The first-order valence-corrected chi connectivity index (χ1v) is 11.6. The van der Waals surface area contributed by atoms with E-state index >= 15 is 0 Å². The molecule has 186 valence electrons. The monoisotopic (exact) mass is 510 g/mol. The Morgan fingerprint density at radius 3 is 2.28 bits per heavy atom. The second kappa shape index (κ2) is 11.3. The van der Waals surface area contributed by atoms with E-state index in [2.05, 4.69) is 11.4 Å². The summed E-state index contributed by atoms with van der Waals surface area (Å²) in [6.45, 7) is 4.48. The van der Waals surface area contributed by atoms with Gasteiger partial charge in [0.15, 0.2) is 5.60 Å². The van der Waals surface area contributed by atoms with E-state index in [1.807, 2.05) is 18.2 Å². The first kappa shape index (κ1) is 26.8. The van der Waals surface area contributed by atoms with E-state index in [0.717, 1.165) is 29.3 Å². The zero-order valence-corrected chi connectivity index (χ0v) is 20.8. The van der Waals surface area contributed by atoms with Crippen molar-refractivity contribution in [2.75, 3.05) is 0 Å². The average Bonchev–Trinajstić information content (AvgIpc) is 2.83. The molecule has 0 saturated heterocycles. The minimum Gasteiger partial charge on any atom is -0.446 e. The molecule has 0 bridgehead atoms. The Bertz CT molecular complexity index is 1280. The van der Waals surface area contributed by atoms with E-state index in [9.17, 15) is 23.6 Å². The van der Waals surface area contributed by atoms with E-state index in [0.29, 0.717) is 17.0 Å². The van der Waals surface area contributed by atoms with Crippen LogP contribution >= 0.6 is 11.6 Å². The SMILES string of the molecule is CC(NC(=O)C(C)(C)OC(=O)c1c(F)cccc1F)C(Cc1ccc(Cl)cc1)c1cccc(C#N)c1. The topological polar surface area (TPSA) is 79.2 Å². The number of esters is 1. The van der Waals surface area contributed by atoms with E-state index in [1.54, 1.807) is 37.3 Å². The lowest BCUT2D eigenvalue weighted by molar-refractivity contribution is -0.138. The minimum absolute atomic E-state index is 0.251. The van der Waals surface area contributed by atoms with E-state index in [1.165, 1.54) is 13.8 Å². The molecule has 3 rings (SSSR count). The molecule has 8 heteroatoms. The summed E-state index contributed by atoms with van der Waals surface area (Å²) in [7, 11) is 0. The fourth-order valence-electron chi connectivity index (χ4n) is 3.80. The first-order valence-electron chi connectivity index (χ1n) is 11.2. The lowest BCUT2D eigenvalue weighted by atomic mass is 9.85. The molecule has 3 aromatic rings. The average molecular weight is 511 g/mol. The Morgan fingerprint density at radius 2 is 1.67 bits per heavy atom. The number of carbonyl (C=O) groups is 2. The Balaban J connectivity index is 1.82. The molecule has 5 nitrogen and oxygen atoms in total. The number of hydrogen-bond donors (Lipinski definition) is 1. The van der Waals surface area contributed by atoms with Gasteiger partial charge in [0.2, 0.25) is 0 Å². The fraction of sp³-hybridized carbons (Fsp3) is 0.250. The largest absolute Gasteiger partial charge is 0.446 e. The molecule has 1 N–H and O–H groups in total. The number of rotatable bonds is 8. The summed E-state index contributed by atoms with van der Waals surface area (Å²) < 4.78 is 33.2. The summed E-state index contributed by atoms with van der Waals surface area (Å²) in [5, 5.41) is 12.8. The minimum atomic E-state index is -1.72. The van der Waals surface area contributed by atoms with Crippen LogP contribution in [0.25, 0.3) is 0 Å². The number of nitrogens with one attached hydrogen (secondary N) is 1. The molecule has 0 aliphatic rings. The van der Waals surface area contributed by atoms with Crippen LogP contribution in [-0.2, 0) is 16.0 Å². The number of hydrogen-bond acceptors (Lipinski definition) is 4. The van der Waals surface area contributed by atoms with Crippen molar-refractivity contribution in [2.45, 2.75) is 44.8 Å². The van der Waals surface area contributed by atoms with Gasteiger partial charge in [0, 0.05) is 17.0 Å². The van der Waals surface area contributed by atoms with E-state index in [4.69, 9.17) is 16.3 Å². The Morgan fingerprint density at radius 1 is 1.06 bits per heavy atom. The number of nitriles is 1. The molecule has 36 heavy (non-hydrogen) atoms. The quantitative estimate of drug-likeness (QED) is 0.379. The van der Waals surface area contributed by atoms with Crippen LogP contribution in [-0.4, -0.2) is 23.5 Å². The number of amides is 1. The van der Waals surface area contributed by atoms with Crippen LogP contribution < -0.4 is 5.32 Å². The van der Waals surface area contributed by atoms with Gasteiger partial charge in [0.1, 0.15) is 17.2 Å². The van der Waals surface area contributed by atoms with Gasteiger partial charge in [-0.05, 0) is 74.7 Å². The van der Waals surface area contributed by atoms with Gasteiger partial charge in [-0.25, -0.2) is 13.6 Å². The maximum absolute atomic E-state index is 14.0. The van der Waals surface area contributed by atoms with Crippen molar-refractivity contribution in [1.29, 1.82) is 5.26 Å². The third-order valence-corrected chi connectivity index (χ3v) is 6.09. The summed E-state index contributed by atoms with van der Waals surface area (Å²) in [5.74, 6) is -4.33. The van der Waals surface area contributed by atoms with Gasteiger partial charge in [-0.2, -0.15) is 5.26 Å². The van der Waals surface area contributed by atoms with Crippen molar-refractivity contribution in [3.05, 3.63) is 106 Å². The molecule has 3 aromatic carbocycles. The molecule has 2 atom stereocenters. The third kappa shape index (κ3) is 6.46. The summed E-state index contributed by atoms with van der Waals surface area (Å²) in [4.78, 5) is 25.6. The first-order chi connectivity index (χ1) is 17.0. The highest BCUT2D eigenvalue weighted by Crippen LogP contribution is 2.27. The highest BCUT2D eigenvalue weighted by atomic mass is 35.5. The van der Waals surface area contributed by atoms with Crippen LogP contribution in [0.4, 0.5) is 8.78 Å². The van der Waals surface area contributed by atoms with Crippen molar-refractivity contribution < 1.29 is 23.1 Å². The van der Waals surface area contributed by atoms with Gasteiger partial charge in [0.25, 0.3) is 5.91 Å². The molecule has 0 heterocycles. The molecule has 0 fully saturated rings. The molecule has 0 aromatic heterocycles. The lowest BCUT2D eigenvalue weighted by Crippen LogP contribution is -2.50. The van der Waals surface area contributed by atoms with Gasteiger partial charge >= 0.3 is 5.97 Å². The Kier molecular flexibility index (Phi) is 8.44. The molecule has 0 saturated carbocycles. The highest BCUT2D eigenvalue weighted by molar-refractivity contribution is 6.30. The molecule has 2 unspecified atom stereocenters. The van der Waals surface area contributed by atoms with Gasteiger partial charge in [-0.3, -0.25) is 4.79 Å². The zero-order valence-electron chi connectivity index (χ0n) is 20.0. The van der Waals surface area contributed by atoms with Crippen LogP contribution in [0.15, 0.2) is 66.7 Å². The Hall–Kier alpha value is -3.76. The molecule has 0 radical (unpaired) electrons. The fourth-order valence-corrected chi connectivity index (χ4v) is 3.93. The van der Waals surface area contributed by atoms with E-state index in [-0.39, 0.29) is 5.92 Å². The maximum atomic E-state index is 14.0. The van der Waals surface area contributed by atoms with Gasteiger partial charge < -0.3 is 10.1 Å². The van der Waals surface area contributed by atoms with Crippen molar-refractivity contribution in [3.8, 4) is 6.07 Å². The molecular formula is C28H25ClF2N2O3. The third-order valence-electron chi connectivity index (χ3n) is 5.84. The van der Waals surface area contributed by atoms with Crippen LogP contribution in [0, 0.1) is 23.0 Å². The van der Waals surface area contributed by atoms with Crippen molar-refractivity contribution in [2.24, 2.45) is 0 Å².